The second kappa shape index (κ2) is 22.3. The Morgan fingerprint density at radius 2 is 1.03 bits per heavy atom. The van der Waals surface area contributed by atoms with Crippen LogP contribution in [-0.4, -0.2) is 192 Å². The Labute approximate surface area is 437 Å². The van der Waals surface area contributed by atoms with E-state index in [9.17, 15) is 15.0 Å². The molecule has 0 aromatic rings. The summed E-state index contributed by atoms with van der Waals surface area (Å²) in [6.45, 7) is 16.1. The van der Waals surface area contributed by atoms with Crippen molar-refractivity contribution in [1.29, 1.82) is 0 Å². The Morgan fingerprint density at radius 1 is 0.554 bits per heavy atom. The van der Waals surface area contributed by atoms with Gasteiger partial charge in [-0.25, -0.2) is 0 Å². The van der Waals surface area contributed by atoms with Crippen molar-refractivity contribution < 1.29 is 90.8 Å². The molecule has 74 heavy (non-hydrogen) atoms. The minimum Gasteiger partial charge on any atom is -0.390 e. The summed E-state index contributed by atoms with van der Waals surface area (Å²) < 4.78 is 102. The Kier molecular flexibility index (Phi) is 16.9. The van der Waals surface area contributed by atoms with E-state index in [0.717, 1.165) is 32.1 Å². The SMILES string of the molecule is CO[C@H]1C[C@H](O[C@H]2CC[C@@]3(C)C(=CC[C@@]45O[C@@H](C)[C@@H]6CCC(=O)[C@]6(C)[C@@H](C[C@@H]43)O5)C2)O[C@H](C)[C@H]1O[C@H]1C[C@H](OC)[C@H](O[C@H]2C[C@@H](OC)[C@H](O[C@H]3C[C@H](O)[C@H](O[C@H]4C[C@@H](OC)[C@H](O)[C@@H](C)O4)[C@@H](C)O3)[C@@H](C)O2)[C@@H](C)O1. The number of rotatable bonds is 14. The summed E-state index contributed by atoms with van der Waals surface area (Å²) in [5.74, 6) is 0.0240. The topological polar surface area (TPSA) is 205 Å². The van der Waals surface area contributed by atoms with Crippen molar-refractivity contribution in [2.75, 3.05) is 28.4 Å². The first-order valence-corrected chi connectivity index (χ1v) is 27.9. The van der Waals surface area contributed by atoms with E-state index in [1.807, 2.05) is 27.7 Å². The van der Waals surface area contributed by atoms with Crippen LogP contribution in [0.2, 0.25) is 0 Å². The lowest BCUT2D eigenvalue weighted by Gasteiger charge is -2.53. The van der Waals surface area contributed by atoms with Crippen LogP contribution in [0.4, 0.5) is 0 Å². The Balaban J connectivity index is 0.691. The maximum Gasteiger partial charge on any atom is 0.176 e. The first kappa shape index (κ1) is 56.0. The van der Waals surface area contributed by atoms with Crippen LogP contribution < -0.4 is 0 Å². The average molecular weight is 1050 g/mol. The number of carbonyl (C=O) groups excluding carboxylic acids is 1. The second-order valence-electron chi connectivity index (χ2n) is 23.8. The fourth-order valence-electron chi connectivity index (χ4n) is 15.2. The molecule has 0 unspecified atom stereocenters. The highest BCUT2D eigenvalue weighted by Crippen LogP contribution is 2.66. The fraction of sp³-hybridized carbons (Fsp3) is 0.945. The van der Waals surface area contributed by atoms with Gasteiger partial charge in [-0.05, 0) is 86.0 Å². The number of fused-ring (bicyclic) bond motifs is 5. The Bertz CT molecular complexity index is 1950. The standard InChI is InChI=1S/C55H88O19/c1-26-34-13-14-41(57)54(34,8)42-25-40-53(7)17-16-33(19-32(53)15-18-55(40,73-26)74-42)68-44-22-37(60-10)51(29(4)65-44)71-47-24-39(62-12)52(31(6)67-47)72-46-23-38(61-11)50(30(5)66-46)70-43-20-35(56)49(28(3)64-43)69-45-21-36(59-9)48(58)27(2)63-45/h15,26-31,33-40,42-52,56,58H,13-14,16-25H2,1-12H3/t26-,27+,28+,29+,30+,31+,33-,34-,35-,36+,37-,38+,39-,40+,42+,43-,44-,45-,46-,47-,48+,49+,50+,51+,52+,53-,54+,55-/m0/s1. The van der Waals surface area contributed by atoms with Gasteiger partial charge in [0.1, 0.15) is 36.3 Å². The minimum absolute atomic E-state index is 0.0127. The molecule has 422 valence electrons. The number of aliphatic hydroxyl groups is 2. The normalized spacial score (nSPS) is 53.7. The van der Waals surface area contributed by atoms with E-state index in [4.69, 9.17) is 75.8 Å². The van der Waals surface area contributed by atoms with Gasteiger partial charge in [0.25, 0.3) is 0 Å². The lowest BCUT2D eigenvalue weighted by molar-refractivity contribution is -0.351. The smallest absolute Gasteiger partial charge is 0.176 e. The average Bonchev–Trinajstić information content (AvgIpc) is 3.88. The summed E-state index contributed by atoms with van der Waals surface area (Å²) in [6.07, 6.45) is -1.11. The van der Waals surface area contributed by atoms with Crippen molar-refractivity contribution in [2.45, 2.75) is 280 Å². The van der Waals surface area contributed by atoms with Crippen LogP contribution in [0.3, 0.4) is 0 Å². The number of carbonyl (C=O) groups is 1. The van der Waals surface area contributed by atoms with Gasteiger partial charge in [-0.15, -0.1) is 0 Å². The van der Waals surface area contributed by atoms with Gasteiger partial charge in [-0.2, -0.15) is 0 Å². The summed E-state index contributed by atoms with van der Waals surface area (Å²) in [6, 6.07) is 0. The van der Waals surface area contributed by atoms with Gasteiger partial charge in [0, 0.05) is 85.2 Å². The van der Waals surface area contributed by atoms with Crippen LogP contribution in [0, 0.1) is 22.7 Å². The highest BCUT2D eigenvalue weighted by molar-refractivity contribution is 5.88. The molecule has 10 rings (SSSR count). The number of Topliss-reactive ketones (excluding diaryl/α,β-unsaturated/α-hetero) is 1. The molecule has 19 nitrogen and oxygen atoms in total. The lowest BCUT2D eigenvalue weighted by Crippen LogP contribution is -2.58. The molecular formula is C55H88O19. The molecule has 19 heteroatoms. The molecule has 0 aromatic heterocycles. The molecular weight excluding hydrogens is 965 g/mol. The number of hydrogen-bond acceptors (Lipinski definition) is 19. The van der Waals surface area contributed by atoms with Gasteiger partial charge < -0.3 is 86.0 Å². The molecule has 2 N–H and O–H groups in total. The van der Waals surface area contributed by atoms with E-state index < -0.39 is 116 Å². The number of hydrogen-bond donors (Lipinski definition) is 2. The fourth-order valence-corrected chi connectivity index (χ4v) is 15.2. The molecule has 0 radical (unpaired) electrons. The summed E-state index contributed by atoms with van der Waals surface area (Å²) >= 11 is 0. The van der Waals surface area contributed by atoms with Gasteiger partial charge in [0.2, 0.25) is 0 Å². The summed E-state index contributed by atoms with van der Waals surface area (Å²) in [7, 11) is 6.55. The molecule has 7 saturated heterocycles. The van der Waals surface area contributed by atoms with Crippen LogP contribution >= 0.6 is 0 Å². The van der Waals surface area contributed by atoms with Gasteiger partial charge in [-0.1, -0.05) is 18.6 Å². The highest BCUT2D eigenvalue weighted by Gasteiger charge is 2.69. The van der Waals surface area contributed by atoms with E-state index in [1.54, 1.807) is 35.4 Å². The van der Waals surface area contributed by atoms with Crippen molar-refractivity contribution in [2.24, 2.45) is 22.7 Å². The van der Waals surface area contributed by atoms with Gasteiger partial charge in [0.15, 0.2) is 37.2 Å². The van der Waals surface area contributed by atoms with E-state index in [0.29, 0.717) is 44.3 Å². The summed E-state index contributed by atoms with van der Waals surface area (Å²) in [4.78, 5) is 13.4. The maximum atomic E-state index is 13.4. The maximum absolute atomic E-state index is 13.4. The molecule has 10 aliphatic rings. The molecule has 0 amide bonds. The number of aliphatic hydroxyl groups excluding tert-OH is 2. The number of ether oxygens (including phenoxy) is 16. The minimum atomic E-state index is -0.902. The molecule has 0 aromatic carbocycles. The molecule has 7 aliphatic heterocycles. The van der Waals surface area contributed by atoms with Crippen LogP contribution in [0.25, 0.3) is 0 Å². The largest absolute Gasteiger partial charge is 0.390 e. The zero-order valence-corrected chi connectivity index (χ0v) is 45.8. The zero-order chi connectivity index (χ0) is 52.6. The molecule has 28 atom stereocenters. The lowest BCUT2D eigenvalue weighted by atomic mass is 9.56. The zero-order valence-electron chi connectivity index (χ0n) is 45.8. The first-order chi connectivity index (χ1) is 35.3. The Morgan fingerprint density at radius 3 is 1.55 bits per heavy atom. The van der Waals surface area contributed by atoms with Gasteiger partial charge in [-0.3, -0.25) is 4.79 Å². The number of ketones is 1. The van der Waals surface area contributed by atoms with Crippen LogP contribution in [0.1, 0.15) is 132 Å². The van der Waals surface area contributed by atoms with Crippen molar-refractivity contribution >= 4 is 5.78 Å². The first-order valence-electron chi connectivity index (χ1n) is 27.9. The molecule has 3 aliphatic carbocycles. The van der Waals surface area contributed by atoms with Crippen LogP contribution in [0.15, 0.2) is 11.6 Å². The van der Waals surface area contributed by atoms with Crippen LogP contribution in [0.5, 0.6) is 0 Å². The predicted molar refractivity (Wildman–Crippen MR) is 261 cm³/mol. The van der Waals surface area contributed by atoms with E-state index in [1.165, 1.54) is 5.57 Å². The highest BCUT2D eigenvalue weighted by atomic mass is 16.8. The third-order valence-electron chi connectivity index (χ3n) is 19.5. The predicted octanol–water partition coefficient (Wildman–Crippen LogP) is 5.39. The molecule has 2 bridgehead atoms. The molecule has 7 heterocycles. The second-order valence-corrected chi connectivity index (χ2v) is 23.8. The van der Waals surface area contributed by atoms with Gasteiger partial charge >= 0.3 is 0 Å². The van der Waals surface area contributed by atoms with Crippen molar-refractivity contribution in [3.63, 3.8) is 0 Å². The molecule has 1 spiro atoms. The van der Waals surface area contributed by atoms with E-state index in [2.05, 4.69) is 26.8 Å². The monoisotopic (exact) mass is 1050 g/mol. The van der Waals surface area contributed by atoms with Crippen molar-refractivity contribution in [3.05, 3.63) is 11.6 Å². The summed E-state index contributed by atoms with van der Waals surface area (Å²) in [5.41, 5.74) is 0.801. The Hall–Kier alpha value is -1.31. The summed E-state index contributed by atoms with van der Waals surface area (Å²) in [5, 5.41) is 21.6. The quantitative estimate of drug-likeness (QED) is 0.209. The molecule has 9 fully saturated rings. The van der Waals surface area contributed by atoms with Gasteiger partial charge in [0.05, 0.1) is 84.8 Å². The molecule has 2 saturated carbocycles. The van der Waals surface area contributed by atoms with Crippen molar-refractivity contribution in [1.82, 2.24) is 0 Å². The van der Waals surface area contributed by atoms with Crippen LogP contribution in [-0.2, 0) is 80.6 Å². The van der Waals surface area contributed by atoms with Crippen molar-refractivity contribution in [3.8, 4) is 0 Å². The van der Waals surface area contributed by atoms with E-state index in [-0.39, 0.29) is 60.3 Å². The number of methoxy groups -OCH3 is 4. The third kappa shape index (κ3) is 10.4. The third-order valence-corrected chi connectivity index (χ3v) is 19.5. The van der Waals surface area contributed by atoms with E-state index >= 15 is 0 Å².